The van der Waals surface area contributed by atoms with E-state index in [1.165, 1.54) is 0 Å². The van der Waals surface area contributed by atoms with Gasteiger partial charge in [0.05, 0.1) is 5.56 Å². The molecule has 1 nitrogen and oxygen atoms in total. The molecule has 0 aliphatic rings. The third kappa shape index (κ3) is 2.80. The van der Waals surface area contributed by atoms with Gasteiger partial charge in [-0.25, -0.2) is 4.98 Å². The first-order valence-corrected chi connectivity index (χ1v) is 5.42. The predicted molar refractivity (Wildman–Crippen MR) is 54.6 cm³/mol. The molecule has 1 aromatic rings. The highest BCUT2D eigenvalue weighted by atomic mass is 127. The molecule has 0 aromatic carbocycles. The van der Waals surface area contributed by atoms with Gasteiger partial charge in [-0.15, -0.1) is 0 Å². The zero-order chi connectivity index (χ0) is 10.1. The summed E-state index contributed by atoms with van der Waals surface area (Å²) < 4.78 is 37.1. The number of nitrogens with zero attached hydrogens (tertiary/aromatic N) is 1. The minimum atomic E-state index is -4.31. The van der Waals surface area contributed by atoms with Gasteiger partial charge in [-0.1, -0.05) is 15.9 Å². The second kappa shape index (κ2) is 4.12. The first kappa shape index (κ1) is 11.2. The monoisotopic (exact) mass is 365 g/mol. The van der Waals surface area contributed by atoms with Gasteiger partial charge in [0.2, 0.25) is 0 Å². The number of hydrogen-bond acceptors (Lipinski definition) is 1. The summed E-state index contributed by atoms with van der Waals surface area (Å²) in [4.78, 5) is 3.65. The minimum Gasteiger partial charge on any atom is -0.249 e. The molecule has 1 rings (SSSR count). The third-order valence-electron chi connectivity index (χ3n) is 1.38. The Morgan fingerprint density at radius 2 is 2.08 bits per heavy atom. The molecule has 0 unspecified atom stereocenters. The average Bonchev–Trinajstić information content (AvgIpc) is 2.03. The van der Waals surface area contributed by atoms with E-state index in [1.807, 2.05) is 22.6 Å². The molecule has 0 spiro atoms. The topological polar surface area (TPSA) is 12.9 Å². The first-order valence-electron chi connectivity index (χ1n) is 3.22. The highest BCUT2D eigenvalue weighted by molar-refractivity contribution is 14.1. The molecule has 13 heavy (non-hydrogen) atoms. The van der Waals surface area contributed by atoms with Gasteiger partial charge in [-0.05, 0) is 34.2 Å². The quantitative estimate of drug-likeness (QED) is 0.421. The summed E-state index contributed by atoms with van der Waals surface area (Å²) in [6.45, 7) is 0. The van der Waals surface area contributed by atoms with E-state index in [2.05, 4.69) is 20.9 Å². The van der Waals surface area contributed by atoms with Gasteiger partial charge in [0.15, 0.2) is 0 Å². The van der Waals surface area contributed by atoms with Crippen LogP contribution < -0.4 is 0 Å². The second-order valence-electron chi connectivity index (χ2n) is 2.31. The summed E-state index contributed by atoms with van der Waals surface area (Å²) in [6.07, 6.45) is -3.47. The molecule has 0 bridgehead atoms. The van der Waals surface area contributed by atoms with Gasteiger partial charge in [-0.3, -0.25) is 0 Å². The molecule has 0 amide bonds. The van der Waals surface area contributed by atoms with E-state index in [4.69, 9.17) is 0 Å². The lowest BCUT2D eigenvalue weighted by Gasteiger charge is -2.07. The fourth-order valence-electron chi connectivity index (χ4n) is 0.742. The van der Waals surface area contributed by atoms with Crippen molar-refractivity contribution < 1.29 is 13.2 Å². The van der Waals surface area contributed by atoms with Crippen LogP contribution in [0.3, 0.4) is 0 Å². The van der Waals surface area contributed by atoms with E-state index in [0.717, 1.165) is 12.3 Å². The van der Waals surface area contributed by atoms with Crippen LogP contribution in [0, 0.1) is 3.70 Å². The van der Waals surface area contributed by atoms with Crippen molar-refractivity contribution in [2.24, 2.45) is 0 Å². The lowest BCUT2D eigenvalue weighted by Crippen LogP contribution is -2.07. The molecule has 0 fully saturated rings. The van der Waals surface area contributed by atoms with Crippen molar-refractivity contribution in [3.63, 3.8) is 0 Å². The van der Waals surface area contributed by atoms with Crippen molar-refractivity contribution in [3.05, 3.63) is 27.1 Å². The summed E-state index contributed by atoms with van der Waals surface area (Å²) >= 11 is 4.99. The summed E-state index contributed by atoms with van der Waals surface area (Å²) in [5, 5.41) is 0.377. The molecular formula is C7H4BrF3IN. The molecule has 6 heteroatoms. The number of rotatable bonds is 1. The molecule has 1 heterocycles. The van der Waals surface area contributed by atoms with Crippen molar-refractivity contribution in [1.82, 2.24) is 4.98 Å². The molecule has 1 aromatic heterocycles. The smallest absolute Gasteiger partial charge is 0.249 e. The van der Waals surface area contributed by atoms with Crippen LogP contribution in [-0.4, -0.2) is 4.98 Å². The fourth-order valence-corrected chi connectivity index (χ4v) is 2.18. The molecule has 0 atom stereocenters. The Hall–Kier alpha value is 0.150. The van der Waals surface area contributed by atoms with Crippen LogP contribution in [0.2, 0.25) is 0 Å². The summed E-state index contributed by atoms with van der Waals surface area (Å²) in [5.74, 6) is 0. The molecule has 72 valence electrons. The standard InChI is InChI=1S/C7H4BrF3IN/c8-2-4-1-5(7(9,10)11)3-13-6(4)12/h1,3H,2H2. The molecule has 0 saturated heterocycles. The van der Waals surface area contributed by atoms with Gasteiger partial charge in [0.1, 0.15) is 3.70 Å². The van der Waals surface area contributed by atoms with E-state index in [9.17, 15) is 13.2 Å². The Balaban J connectivity index is 3.14. The Morgan fingerprint density at radius 1 is 1.46 bits per heavy atom. The Labute approximate surface area is 95.0 Å². The predicted octanol–water partition coefficient (Wildman–Crippen LogP) is 3.60. The van der Waals surface area contributed by atoms with Crippen LogP contribution in [0.25, 0.3) is 0 Å². The maximum Gasteiger partial charge on any atom is 0.417 e. The van der Waals surface area contributed by atoms with Crippen LogP contribution in [0.5, 0.6) is 0 Å². The van der Waals surface area contributed by atoms with Gasteiger partial charge in [-0.2, -0.15) is 13.2 Å². The number of aromatic nitrogens is 1. The molecular weight excluding hydrogens is 362 g/mol. The lowest BCUT2D eigenvalue weighted by molar-refractivity contribution is -0.137. The number of alkyl halides is 4. The van der Waals surface area contributed by atoms with Crippen molar-refractivity contribution in [2.45, 2.75) is 11.5 Å². The zero-order valence-corrected chi connectivity index (χ0v) is 9.94. The van der Waals surface area contributed by atoms with E-state index < -0.39 is 11.7 Å². The van der Waals surface area contributed by atoms with Crippen molar-refractivity contribution in [2.75, 3.05) is 0 Å². The zero-order valence-electron chi connectivity index (χ0n) is 6.20. The first-order chi connectivity index (χ1) is 5.95. The Morgan fingerprint density at radius 3 is 2.54 bits per heavy atom. The maximum absolute atomic E-state index is 12.2. The van der Waals surface area contributed by atoms with Gasteiger partial charge >= 0.3 is 6.18 Å². The highest BCUT2D eigenvalue weighted by Crippen LogP contribution is 2.30. The van der Waals surface area contributed by atoms with E-state index in [1.54, 1.807) is 0 Å². The average molecular weight is 366 g/mol. The van der Waals surface area contributed by atoms with E-state index in [-0.39, 0.29) is 0 Å². The second-order valence-corrected chi connectivity index (χ2v) is 3.89. The summed E-state index contributed by atoms with van der Waals surface area (Å²) in [5.41, 5.74) is -0.155. The largest absolute Gasteiger partial charge is 0.417 e. The lowest BCUT2D eigenvalue weighted by atomic mass is 10.2. The van der Waals surface area contributed by atoms with Crippen molar-refractivity contribution in [1.29, 1.82) is 0 Å². The normalized spacial score (nSPS) is 11.8. The number of hydrogen-bond donors (Lipinski definition) is 0. The van der Waals surface area contributed by atoms with E-state index in [0.29, 0.717) is 14.6 Å². The summed E-state index contributed by atoms with van der Waals surface area (Å²) in [6, 6.07) is 1.10. The summed E-state index contributed by atoms with van der Waals surface area (Å²) in [7, 11) is 0. The molecule has 0 aliphatic carbocycles. The van der Waals surface area contributed by atoms with Gasteiger partial charge in [0.25, 0.3) is 0 Å². The molecule has 0 radical (unpaired) electrons. The van der Waals surface area contributed by atoms with Crippen LogP contribution in [0.15, 0.2) is 12.3 Å². The van der Waals surface area contributed by atoms with Crippen molar-refractivity contribution >= 4 is 38.5 Å². The maximum atomic E-state index is 12.2. The molecule has 0 saturated carbocycles. The molecule has 0 aliphatic heterocycles. The minimum absolute atomic E-state index is 0.377. The highest BCUT2D eigenvalue weighted by Gasteiger charge is 2.31. The van der Waals surface area contributed by atoms with Crippen molar-refractivity contribution in [3.8, 4) is 0 Å². The van der Waals surface area contributed by atoms with E-state index >= 15 is 0 Å². The van der Waals surface area contributed by atoms with Gasteiger partial charge < -0.3 is 0 Å². The number of halogens is 5. The van der Waals surface area contributed by atoms with Crippen LogP contribution >= 0.6 is 38.5 Å². The van der Waals surface area contributed by atoms with Gasteiger partial charge in [0, 0.05) is 11.5 Å². The van der Waals surface area contributed by atoms with Crippen LogP contribution in [0.4, 0.5) is 13.2 Å². The van der Waals surface area contributed by atoms with Crippen LogP contribution in [-0.2, 0) is 11.5 Å². The molecule has 0 N–H and O–H groups in total. The third-order valence-corrected chi connectivity index (χ3v) is 2.96. The fraction of sp³-hybridized carbons (Fsp3) is 0.286. The SMILES string of the molecule is FC(F)(F)c1cnc(I)c(CBr)c1. The number of pyridine rings is 1. The Bertz CT molecular complexity index is 313. The van der Waals surface area contributed by atoms with Crippen LogP contribution in [0.1, 0.15) is 11.1 Å². The Kier molecular flexibility index (Phi) is 3.56.